The van der Waals surface area contributed by atoms with E-state index >= 15 is 0 Å². The Hall–Kier alpha value is -1.22. The van der Waals surface area contributed by atoms with Crippen molar-refractivity contribution in [3.8, 4) is 5.75 Å². The van der Waals surface area contributed by atoms with Gasteiger partial charge >= 0.3 is 0 Å². The third-order valence-corrected chi connectivity index (χ3v) is 2.00. The fourth-order valence-electron chi connectivity index (χ4n) is 1.39. The first-order valence-electron chi connectivity index (χ1n) is 4.10. The summed E-state index contributed by atoms with van der Waals surface area (Å²) in [5.74, 6) is 0.994. The zero-order valence-corrected chi connectivity index (χ0v) is 6.84. The summed E-state index contributed by atoms with van der Waals surface area (Å²) in [5, 5.41) is 3.04. The van der Waals surface area contributed by atoms with Crippen molar-refractivity contribution in [3.63, 3.8) is 0 Å². The fourth-order valence-corrected chi connectivity index (χ4v) is 1.39. The van der Waals surface area contributed by atoms with Gasteiger partial charge in [-0.05, 0) is 11.6 Å². The van der Waals surface area contributed by atoms with Crippen LogP contribution in [0.15, 0.2) is 18.2 Å². The summed E-state index contributed by atoms with van der Waals surface area (Å²) in [4.78, 5) is 0. The predicted octanol–water partition coefficient (Wildman–Crippen LogP) is 0.950. The number of benzene rings is 1. The summed E-state index contributed by atoms with van der Waals surface area (Å²) < 4.78 is 5.40. The lowest BCUT2D eigenvalue weighted by Crippen LogP contribution is -2.10. The normalized spacial score (nSPS) is 13.8. The van der Waals surface area contributed by atoms with Gasteiger partial charge < -0.3 is 15.8 Å². The molecule has 0 bridgehead atoms. The quantitative estimate of drug-likeness (QED) is 0.640. The zero-order chi connectivity index (χ0) is 8.39. The number of rotatable bonds is 2. The summed E-state index contributed by atoms with van der Waals surface area (Å²) in [7, 11) is 0. The topological polar surface area (TPSA) is 47.3 Å². The van der Waals surface area contributed by atoms with Gasteiger partial charge in [0.15, 0.2) is 0 Å². The van der Waals surface area contributed by atoms with E-state index in [1.54, 1.807) is 0 Å². The molecule has 1 aromatic carbocycles. The molecule has 0 radical (unpaired) electrons. The minimum atomic E-state index is 0.457. The van der Waals surface area contributed by atoms with Gasteiger partial charge in [-0.1, -0.05) is 6.07 Å². The molecule has 0 unspecified atom stereocenters. The molecule has 3 heteroatoms. The molecule has 0 aromatic heterocycles. The van der Waals surface area contributed by atoms with E-state index in [1.807, 2.05) is 12.1 Å². The van der Waals surface area contributed by atoms with Crippen LogP contribution < -0.4 is 15.8 Å². The summed E-state index contributed by atoms with van der Waals surface area (Å²) in [6.45, 7) is 1.26. The molecule has 1 aliphatic heterocycles. The molecule has 0 saturated heterocycles. The number of ether oxygens (including phenoxy) is 1. The van der Waals surface area contributed by atoms with E-state index in [2.05, 4.69) is 11.4 Å². The van der Waals surface area contributed by atoms with Crippen molar-refractivity contribution < 1.29 is 4.74 Å². The van der Waals surface area contributed by atoms with Gasteiger partial charge in [-0.25, -0.2) is 0 Å². The first kappa shape index (κ1) is 7.43. The van der Waals surface area contributed by atoms with Crippen molar-refractivity contribution in [2.75, 3.05) is 18.6 Å². The van der Waals surface area contributed by atoms with Crippen LogP contribution in [0.2, 0.25) is 0 Å². The molecule has 0 atom stereocenters. The summed E-state index contributed by atoms with van der Waals surface area (Å²) in [5.41, 5.74) is 7.67. The van der Waals surface area contributed by atoms with E-state index in [4.69, 9.17) is 10.5 Å². The van der Waals surface area contributed by atoms with Crippen molar-refractivity contribution in [2.45, 2.75) is 6.42 Å². The average molecular weight is 164 g/mol. The Labute approximate surface area is 71.5 Å². The molecule has 64 valence electrons. The number of nitrogens with two attached hydrogens (primary N) is 1. The molecule has 0 amide bonds. The highest BCUT2D eigenvalue weighted by Crippen LogP contribution is 2.27. The lowest BCUT2D eigenvalue weighted by atomic mass is 10.1. The van der Waals surface area contributed by atoms with Crippen LogP contribution in [0.25, 0.3) is 0 Å². The van der Waals surface area contributed by atoms with Crippen LogP contribution in [0, 0.1) is 0 Å². The van der Waals surface area contributed by atoms with Gasteiger partial charge in [0.2, 0.25) is 0 Å². The van der Waals surface area contributed by atoms with E-state index in [1.165, 1.54) is 5.56 Å². The second-order valence-electron chi connectivity index (χ2n) is 2.80. The molecule has 0 aliphatic carbocycles. The highest BCUT2D eigenvalue weighted by atomic mass is 16.5. The van der Waals surface area contributed by atoms with E-state index in [-0.39, 0.29) is 0 Å². The largest absolute Gasteiger partial charge is 0.493 e. The molecule has 1 aliphatic rings. The molecule has 0 fully saturated rings. The second-order valence-corrected chi connectivity index (χ2v) is 2.80. The van der Waals surface area contributed by atoms with Crippen LogP contribution in [0.4, 0.5) is 5.69 Å². The SMILES string of the molecule is NCNc1ccc2c(c1)OCC2. The first-order valence-corrected chi connectivity index (χ1v) is 4.10. The third-order valence-electron chi connectivity index (χ3n) is 2.00. The Morgan fingerprint density at radius 3 is 3.25 bits per heavy atom. The van der Waals surface area contributed by atoms with Crippen LogP contribution in [0.3, 0.4) is 0 Å². The Bertz CT molecular complexity index is 286. The van der Waals surface area contributed by atoms with Gasteiger partial charge in [-0.3, -0.25) is 0 Å². The van der Waals surface area contributed by atoms with Gasteiger partial charge in [0, 0.05) is 18.2 Å². The molecular weight excluding hydrogens is 152 g/mol. The van der Waals surface area contributed by atoms with Crippen LogP contribution >= 0.6 is 0 Å². The standard InChI is InChI=1S/C9H12N2O/c10-6-11-8-2-1-7-3-4-12-9(7)5-8/h1-2,5,11H,3-4,6,10H2. The molecular formula is C9H12N2O. The molecule has 0 spiro atoms. The van der Waals surface area contributed by atoms with Crippen molar-refractivity contribution in [1.29, 1.82) is 0 Å². The fraction of sp³-hybridized carbons (Fsp3) is 0.333. The molecule has 1 heterocycles. The number of hydrogen-bond donors (Lipinski definition) is 2. The minimum absolute atomic E-state index is 0.457. The summed E-state index contributed by atoms with van der Waals surface area (Å²) >= 11 is 0. The Balaban J connectivity index is 2.26. The van der Waals surface area contributed by atoms with Gasteiger partial charge in [-0.2, -0.15) is 0 Å². The number of fused-ring (bicyclic) bond motifs is 1. The summed E-state index contributed by atoms with van der Waals surface area (Å²) in [6.07, 6.45) is 1.03. The van der Waals surface area contributed by atoms with Gasteiger partial charge in [-0.15, -0.1) is 0 Å². The van der Waals surface area contributed by atoms with Crippen LogP contribution in [0.5, 0.6) is 5.75 Å². The van der Waals surface area contributed by atoms with Crippen molar-refractivity contribution >= 4 is 5.69 Å². The van der Waals surface area contributed by atoms with E-state index in [9.17, 15) is 0 Å². The predicted molar refractivity (Wildman–Crippen MR) is 48.3 cm³/mol. The number of anilines is 1. The maximum absolute atomic E-state index is 5.40. The van der Waals surface area contributed by atoms with Gasteiger partial charge in [0.05, 0.1) is 13.3 Å². The van der Waals surface area contributed by atoms with E-state index in [0.717, 1.165) is 24.5 Å². The third kappa shape index (κ3) is 1.23. The smallest absolute Gasteiger partial charge is 0.124 e. The van der Waals surface area contributed by atoms with Gasteiger partial charge in [0.25, 0.3) is 0 Å². The van der Waals surface area contributed by atoms with E-state index < -0.39 is 0 Å². The maximum atomic E-state index is 5.40. The summed E-state index contributed by atoms with van der Waals surface area (Å²) in [6, 6.07) is 6.11. The molecule has 3 N–H and O–H groups in total. The van der Waals surface area contributed by atoms with E-state index in [0.29, 0.717) is 6.67 Å². The van der Waals surface area contributed by atoms with Crippen molar-refractivity contribution in [1.82, 2.24) is 0 Å². The van der Waals surface area contributed by atoms with Gasteiger partial charge in [0.1, 0.15) is 5.75 Å². The van der Waals surface area contributed by atoms with Crippen LogP contribution in [-0.4, -0.2) is 13.3 Å². The minimum Gasteiger partial charge on any atom is -0.493 e. The Morgan fingerprint density at radius 2 is 2.42 bits per heavy atom. The maximum Gasteiger partial charge on any atom is 0.124 e. The zero-order valence-electron chi connectivity index (χ0n) is 6.84. The molecule has 12 heavy (non-hydrogen) atoms. The highest BCUT2D eigenvalue weighted by molar-refractivity contribution is 5.52. The van der Waals surface area contributed by atoms with Crippen molar-refractivity contribution in [3.05, 3.63) is 23.8 Å². The van der Waals surface area contributed by atoms with Crippen LogP contribution in [0.1, 0.15) is 5.56 Å². The number of hydrogen-bond acceptors (Lipinski definition) is 3. The molecule has 2 rings (SSSR count). The lowest BCUT2D eigenvalue weighted by Gasteiger charge is -2.04. The lowest BCUT2D eigenvalue weighted by molar-refractivity contribution is 0.357. The average Bonchev–Trinajstić information content (AvgIpc) is 2.51. The van der Waals surface area contributed by atoms with Crippen LogP contribution in [-0.2, 0) is 6.42 Å². The second kappa shape index (κ2) is 3.03. The number of nitrogens with one attached hydrogen (secondary N) is 1. The molecule has 3 nitrogen and oxygen atoms in total. The Kier molecular flexibility index (Phi) is 1.87. The van der Waals surface area contributed by atoms with Crippen molar-refractivity contribution in [2.24, 2.45) is 5.73 Å². The highest BCUT2D eigenvalue weighted by Gasteiger charge is 2.11. The molecule has 1 aromatic rings. The Morgan fingerprint density at radius 1 is 1.50 bits per heavy atom. The molecule has 0 saturated carbocycles. The first-order chi connectivity index (χ1) is 5.90. The monoisotopic (exact) mass is 164 g/mol.